The molecule has 0 radical (unpaired) electrons. The molecule has 0 saturated heterocycles. The van der Waals surface area contributed by atoms with Gasteiger partial charge in [-0.3, -0.25) is 4.79 Å². The summed E-state index contributed by atoms with van der Waals surface area (Å²) in [5.41, 5.74) is 1.86. The van der Waals surface area contributed by atoms with Gasteiger partial charge in [0.1, 0.15) is 5.75 Å². The highest BCUT2D eigenvalue weighted by atomic mass is 16.5. The molecule has 0 amide bonds. The fourth-order valence-corrected chi connectivity index (χ4v) is 1.35. The van der Waals surface area contributed by atoms with Crippen molar-refractivity contribution in [1.82, 2.24) is 0 Å². The van der Waals surface area contributed by atoms with E-state index in [1.807, 2.05) is 25.1 Å². The maximum absolute atomic E-state index is 11.3. The molecule has 1 aromatic rings. The molecule has 2 heteroatoms. The van der Waals surface area contributed by atoms with E-state index in [2.05, 4.69) is 6.92 Å². The molecule has 0 heterocycles. The molecule has 0 atom stereocenters. The van der Waals surface area contributed by atoms with Crippen LogP contribution < -0.4 is 4.74 Å². The number of hydrogen-bond acceptors (Lipinski definition) is 2. The molecule has 0 aliphatic rings. The lowest BCUT2D eigenvalue weighted by atomic mass is 10.1. The van der Waals surface area contributed by atoms with Crippen molar-refractivity contribution in [2.24, 2.45) is 0 Å². The molecule has 0 fully saturated rings. The van der Waals surface area contributed by atoms with Gasteiger partial charge in [-0.2, -0.15) is 0 Å². The zero-order valence-electron chi connectivity index (χ0n) is 8.96. The second kappa shape index (κ2) is 4.80. The Balaban J connectivity index is 3.10. The van der Waals surface area contributed by atoms with E-state index in [-0.39, 0.29) is 5.78 Å². The monoisotopic (exact) mass is 192 g/mol. The minimum Gasteiger partial charge on any atom is -0.493 e. The van der Waals surface area contributed by atoms with Crippen molar-refractivity contribution < 1.29 is 9.53 Å². The van der Waals surface area contributed by atoms with Gasteiger partial charge in [-0.1, -0.05) is 13.0 Å². The average molecular weight is 192 g/mol. The van der Waals surface area contributed by atoms with Gasteiger partial charge in [-0.15, -0.1) is 0 Å². The van der Waals surface area contributed by atoms with Crippen molar-refractivity contribution in [2.75, 3.05) is 6.61 Å². The Morgan fingerprint density at radius 2 is 2.07 bits per heavy atom. The Labute approximate surface area is 84.9 Å². The highest BCUT2D eigenvalue weighted by Crippen LogP contribution is 2.21. The Bertz CT molecular complexity index is 329. The molecular formula is C12H16O2. The first-order chi connectivity index (χ1) is 6.69. The van der Waals surface area contributed by atoms with Crippen LogP contribution in [0.4, 0.5) is 0 Å². The van der Waals surface area contributed by atoms with Crippen LogP contribution in [-0.2, 0) is 6.42 Å². The Kier molecular flexibility index (Phi) is 3.69. The number of ether oxygens (including phenoxy) is 1. The lowest BCUT2D eigenvalue weighted by Gasteiger charge is -2.09. The zero-order valence-corrected chi connectivity index (χ0v) is 8.96. The van der Waals surface area contributed by atoms with Crippen molar-refractivity contribution in [1.29, 1.82) is 0 Å². The van der Waals surface area contributed by atoms with E-state index in [1.165, 1.54) is 5.56 Å². The van der Waals surface area contributed by atoms with E-state index < -0.39 is 0 Å². The Morgan fingerprint density at radius 1 is 1.36 bits per heavy atom. The van der Waals surface area contributed by atoms with Crippen LogP contribution in [0, 0.1) is 0 Å². The number of hydrogen-bond donors (Lipinski definition) is 0. The van der Waals surface area contributed by atoms with E-state index in [0.717, 1.165) is 6.42 Å². The molecule has 2 nitrogen and oxygen atoms in total. The quantitative estimate of drug-likeness (QED) is 0.686. The molecule has 0 spiro atoms. The lowest BCUT2D eigenvalue weighted by Crippen LogP contribution is -2.01. The van der Waals surface area contributed by atoms with Gasteiger partial charge in [0.2, 0.25) is 0 Å². The number of benzene rings is 1. The van der Waals surface area contributed by atoms with Crippen LogP contribution in [0.5, 0.6) is 5.75 Å². The average Bonchev–Trinajstić information content (AvgIpc) is 2.17. The molecule has 0 N–H and O–H groups in total. The molecule has 76 valence electrons. The van der Waals surface area contributed by atoms with Crippen molar-refractivity contribution >= 4 is 5.78 Å². The molecule has 0 aliphatic heterocycles. The summed E-state index contributed by atoms with van der Waals surface area (Å²) in [6.07, 6.45) is 0.957. The summed E-state index contributed by atoms with van der Waals surface area (Å²) < 4.78 is 5.42. The van der Waals surface area contributed by atoms with Crippen LogP contribution in [0.25, 0.3) is 0 Å². The van der Waals surface area contributed by atoms with Crippen LogP contribution >= 0.6 is 0 Å². The van der Waals surface area contributed by atoms with Gasteiger partial charge >= 0.3 is 0 Å². The summed E-state index contributed by atoms with van der Waals surface area (Å²) in [7, 11) is 0. The van der Waals surface area contributed by atoms with E-state index in [9.17, 15) is 4.79 Å². The summed E-state index contributed by atoms with van der Waals surface area (Å²) in [6, 6.07) is 5.76. The predicted molar refractivity (Wildman–Crippen MR) is 57.0 cm³/mol. The minimum absolute atomic E-state index is 0.0519. The second-order valence-electron chi connectivity index (χ2n) is 3.17. The largest absolute Gasteiger partial charge is 0.493 e. The number of carbonyl (C=O) groups excluding carboxylic acids is 1. The first kappa shape index (κ1) is 10.8. The first-order valence-electron chi connectivity index (χ1n) is 4.95. The summed E-state index contributed by atoms with van der Waals surface area (Å²) in [5.74, 6) is 0.760. The van der Waals surface area contributed by atoms with Gasteiger partial charge in [0.15, 0.2) is 5.78 Å². The normalized spacial score (nSPS) is 9.93. The van der Waals surface area contributed by atoms with E-state index in [1.54, 1.807) is 6.92 Å². The van der Waals surface area contributed by atoms with Crippen molar-refractivity contribution in [3.63, 3.8) is 0 Å². The molecule has 1 rings (SSSR count). The first-order valence-corrected chi connectivity index (χ1v) is 4.95. The van der Waals surface area contributed by atoms with Crippen LogP contribution in [-0.4, -0.2) is 12.4 Å². The number of ketones is 1. The molecule has 0 aromatic heterocycles. The molecule has 1 aromatic carbocycles. The molecule has 0 bridgehead atoms. The van der Waals surface area contributed by atoms with E-state index in [0.29, 0.717) is 17.9 Å². The Morgan fingerprint density at radius 3 is 2.57 bits per heavy atom. The number of rotatable bonds is 4. The third-order valence-corrected chi connectivity index (χ3v) is 2.13. The predicted octanol–water partition coefficient (Wildman–Crippen LogP) is 2.85. The van der Waals surface area contributed by atoms with Gasteiger partial charge in [0.05, 0.1) is 12.2 Å². The van der Waals surface area contributed by atoms with Crippen molar-refractivity contribution in [2.45, 2.75) is 27.2 Å². The van der Waals surface area contributed by atoms with E-state index in [4.69, 9.17) is 4.74 Å². The van der Waals surface area contributed by atoms with Gasteiger partial charge in [0, 0.05) is 0 Å². The fraction of sp³-hybridized carbons (Fsp3) is 0.417. The molecule has 0 saturated carbocycles. The minimum atomic E-state index is 0.0519. The molecule has 14 heavy (non-hydrogen) atoms. The maximum Gasteiger partial charge on any atom is 0.163 e. The third kappa shape index (κ3) is 2.34. The second-order valence-corrected chi connectivity index (χ2v) is 3.17. The van der Waals surface area contributed by atoms with Gasteiger partial charge in [-0.25, -0.2) is 0 Å². The van der Waals surface area contributed by atoms with Crippen LogP contribution in [0.2, 0.25) is 0 Å². The van der Waals surface area contributed by atoms with Crippen molar-refractivity contribution in [3.05, 3.63) is 29.3 Å². The zero-order chi connectivity index (χ0) is 10.6. The summed E-state index contributed by atoms with van der Waals surface area (Å²) in [4.78, 5) is 11.3. The fourth-order valence-electron chi connectivity index (χ4n) is 1.35. The highest BCUT2D eigenvalue weighted by molar-refractivity contribution is 5.96. The highest BCUT2D eigenvalue weighted by Gasteiger charge is 2.08. The van der Waals surface area contributed by atoms with Gasteiger partial charge in [0.25, 0.3) is 0 Å². The SMILES string of the molecule is CCOc1cc(CC)ccc1C(C)=O. The van der Waals surface area contributed by atoms with Crippen LogP contribution in [0.3, 0.4) is 0 Å². The maximum atomic E-state index is 11.3. The molecule has 0 unspecified atom stereocenters. The summed E-state index contributed by atoms with van der Waals surface area (Å²) >= 11 is 0. The van der Waals surface area contributed by atoms with Crippen molar-refractivity contribution in [3.8, 4) is 5.75 Å². The third-order valence-electron chi connectivity index (χ3n) is 2.13. The topological polar surface area (TPSA) is 26.3 Å². The van der Waals surface area contributed by atoms with Gasteiger partial charge in [-0.05, 0) is 38.0 Å². The smallest absolute Gasteiger partial charge is 0.163 e. The van der Waals surface area contributed by atoms with Crippen LogP contribution in [0.1, 0.15) is 36.7 Å². The van der Waals surface area contributed by atoms with E-state index >= 15 is 0 Å². The molecular weight excluding hydrogens is 176 g/mol. The number of Topliss-reactive ketones (excluding diaryl/α,β-unsaturated/α-hetero) is 1. The number of aryl methyl sites for hydroxylation is 1. The standard InChI is InChI=1S/C12H16O2/c1-4-10-6-7-11(9(3)13)12(8-10)14-5-2/h6-8H,4-5H2,1-3H3. The summed E-state index contributed by atoms with van der Waals surface area (Å²) in [6.45, 7) is 6.15. The van der Waals surface area contributed by atoms with Gasteiger partial charge < -0.3 is 4.74 Å². The Hall–Kier alpha value is -1.31. The molecule has 0 aliphatic carbocycles. The lowest BCUT2D eigenvalue weighted by molar-refractivity contribution is 0.101. The number of carbonyl (C=O) groups is 1. The summed E-state index contributed by atoms with van der Waals surface area (Å²) in [5, 5.41) is 0. The van der Waals surface area contributed by atoms with Crippen LogP contribution in [0.15, 0.2) is 18.2 Å².